The molecule has 1 aliphatic rings. The fourth-order valence-corrected chi connectivity index (χ4v) is 4.12. The van der Waals surface area contributed by atoms with Crippen LogP contribution in [0.15, 0.2) is 3.79 Å². The van der Waals surface area contributed by atoms with Crippen molar-refractivity contribution in [1.29, 1.82) is 0 Å². The average Bonchev–Trinajstić information content (AvgIpc) is 2.74. The van der Waals surface area contributed by atoms with E-state index in [1.165, 1.54) is 12.0 Å². The number of anilines is 1. The molecule has 0 aromatic carbocycles. The van der Waals surface area contributed by atoms with Gasteiger partial charge >= 0.3 is 5.97 Å². The van der Waals surface area contributed by atoms with Crippen LogP contribution in [0.2, 0.25) is 0 Å². The first-order valence-corrected chi connectivity index (χ1v) is 7.78. The fraction of sp³-hybridized carbons (Fsp3) is 0.583. The third-order valence-corrected chi connectivity index (χ3v) is 5.12. The maximum Gasteiger partial charge on any atom is 0.350 e. The predicted molar refractivity (Wildman–Crippen MR) is 86.5 cm³/mol. The second-order valence-electron chi connectivity index (χ2n) is 4.88. The molecular weight excluding hydrogens is 406 g/mol. The Labute approximate surface area is 145 Å². The number of hydrogen-bond acceptors (Lipinski definition) is 6. The van der Waals surface area contributed by atoms with Crippen molar-refractivity contribution in [3.8, 4) is 0 Å². The molecule has 0 aliphatic carbocycles. The summed E-state index contributed by atoms with van der Waals surface area (Å²) < 4.78 is 33.0. The number of ether oxygens (including phenoxy) is 1. The van der Waals surface area contributed by atoms with Crippen LogP contribution < -0.4 is 10.6 Å². The topological polar surface area (TPSA) is 75.8 Å². The molecule has 1 aromatic rings. The number of hydrogen-bond donors (Lipinski definition) is 2. The van der Waals surface area contributed by atoms with Crippen LogP contribution in [0.5, 0.6) is 0 Å². The van der Waals surface area contributed by atoms with Gasteiger partial charge in [0.15, 0.2) is 0 Å². The van der Waals surface area contributed by atoms with Gasteiger partial charge in [0.1, 0.15) is 4.88 Å². The standard InChI is InChI=1S/C12H15BrF2N2O3S.ClH/c1-20-11(19)9-8-7(10(13)21-9)2-12(14,15)5-17(8)3-6(16)4-18;/h6,18H,2-5,16H2,1H3;1H/t6-;/m0./s1. The Balaban J connectivity index is 0.00000242. The van der Waals surface area contributed by atoms with Crippen molar-refractivity contribution >= 4 is 51.3 Å². The van der Waals surface area contributed by atoms with Crippen molar-refractivity contribution in [1.82, 2.24) is 0 Å². The molecule has 5 nitrogen and oxygen atoms in total. The quantitative estimate of drug-likeness (QED) is 0.728. The lowest BCUT2D eigenvalue weighted by Crippen LogP contribution is -2.49. The highest BCUT2D eigenvalue weighted by Gasteiger charge is 2.42. The van der Waals surface area contributed by atoms with E-state index in [9.17, 15) is 13.6 Å². The van der Waals surface area contributed by atoms with Crippen molar-refractivity contribution in [2.24, 2.45) is 5.73 Å². The number of carbonyl (C=O) groups is 1. The molecule has 2 rings (SSSR count). The SMILES string of the molecule is COC(=O)c1sc(Br)c2c1N(C[C@H](N)CO)CC(F)(F)C2.Cl. The van der Waals surface area contributed by atoms with Gasteiger partial charge in [0.25, 0.3) is 5.92 Å². The lowest BCUT2D eigenvalue weighted by molar-refractivity contribution is 0.00471. The summed E-state index contributed by atoms with van der Waals surface area (Å²) in [6, 6.07) is -0.670. The monoisotopic (exact) mass is 420 g/mol. The van der Waals surface area contributed by atoms with Crippen molar-refractivity contribution in [3.63, 3.8) is 0 Å². The molecule has 1 aliphatic heterocycles. The summed E-state index contributed by atoms with van der Waals surface area (Å²) in [5.41, 5.74) is 6.46. The molecule has 0 radical (unpaired) electrons. The number of carbonyl (C=O) groups excluding carboxylic acids is 1. The number of halogens is 4. The van der Waals surface area contributed by atoms with E-state index in [0.29, 0.717) is 15.0 Å². The van der Waals surface area contributed by atoms with Gasteiger partial charge in [-0.1, -0.05) is 0 Å². The minimum atomic E-state index is -2.92. The van der Waals surface area contributed by atoms with Gasteiger partial charge < -0.3 is 20.5 Å². The molecule has 0 fully saturated rings. The van der Waals surface area contributed by atoms with Crippen LogP contribution in [0, 0.1) is 0 Å². The normalized spacial score (nSPS) is 17.5. The van der Waals surface area contributed by atoms with Gasteiger partial charge in [-0.3, -0.25) is 0 Å². The second-order valence-corrected chi connectivity index (χ2v) is 7.22. The number of methoxy groups -OCH3 is 1. The van der Waals surface area contributed by atoms with Gasteiger partial charge in [-0.25, -0.2) is 13.6 Å². The van der Waals surface area contributed by atoms with Crippen LogP contribution in [0.1, 0.15) is 15.2 Å². The average molecular weight is 422 g/mol. The van der Waals surface area contributed by atoms with Crippen molar-refractivity contribution < 1.29 is 23.4 Å². The minimum Gasteiger partial charge on any atom is -0.465 e. The lowest BCUT2D eigenvalue weighted by atomic mass is 10.0. The van der Waals surface area contributed by atoms with E-state index in [1.54, 1.807) is 0 Å². The largest absolute Gasteiger partial charge is 0.465 e. The number of alkyl halides is 2. The third kappa shape index (κ3) is 3.88. The van der Waals surface area contributed by atoms with E-state index in [2.05, 4.69) is 15.9 Å². The summed E-state index contributed by atoms with van der Waals surface area (Å²) in [6.45, 7) is -0.830. The van der Waals surface area contributed by atoms with Crippen LogP contribution in [-0.4, -0.2) is 49.8 Å². The molecule has 0 saturated carbocycles. The Morgan fingerprint density at radius 1 is 1.64 bits per heavy atom. The van der Waals surface area contributed by atoms with Crippen LogP contribution in [-0.2, 0) is 11.2 Å². The zero-order valence-corrected chi connectivity index (χ0v) is 14.9. The summed E-state index contributed by atoms with van der Waals surface area (Å²) >= 11 is 4.30. The van der Waals surface area contributed by atoms with Gasteiger partial charge in [0.05, 0.1) is 29.7 Å². The lowest BCUT2D eigenvalue weighted by Gasteiger charge is -2.36. The molecule has 10 heteroatoms. The van der Waals surface area contributed by atoms with Crippen molar-refractivity contribution in [3.05, 3.63) is 14.2 Å². The molecular formula is C12H16BrClF2N2O3S. The number of esters is 1. The molecule has 0 spiro atoms. The highest BCUT2D eigenvalue weighted by molar-refractivity contribution is 9.11. The third-order valence-electron chi connectivity index (χ3n) is 3.16. The maximum absolute atomic E-state index is 13.9. The van der Waals surface area contributed by atoms with Gasteiger partial charge in [0.2, 0.25) is 0 Å². The molecule has 126 valence electrons. The number of nitrogens with two attached hydrogens (primary N) is 1. The van der Waals surface area contributed by atoms with E-state index >= 15 is 0 Å². The molecule has 0 amide bonds. The van der Waals surface area contributed by atoms with Crippen LogP contribution in [0.25, 0.3) is 0 Å². The van der Waals surface area contributed by atoms with Crippen molar-refractivity contribution in [2.75, 3.05) is 31.7 Å². The molecule has 1 atom stereocenters. The summed E-state index contributed by atoms with van der Waals surface area (Å²) in [5.74, 6) is -3.49. The van der Waals surface area contributed by atoms with E-state index in [4.69, 9.17) is 15.6 Å². The van der Waals surface area contributed by atoms with Crippen LogP contribution >= 0.6 is 39.7 Å². The van der Waals surface area contributed by atoms with Crippen molar-refractivity contribution in [2.45, 2.75) is 18.4 Å². The van der Waals surface area contributed by atoms with E-state index < -0.39 is 30.9 Å². The smallest absolute Gasteiger partial charge is 0.350 e. The molecule has 0 saturated heterocycles. The Morgan fingerprint density at radius 3 is 2.82 bits per heavy atom. The summed E-state index contributed by atoms with van der Waals surface area (Å²) in [6.07, 6.45) is -0.443. The molecule has 0 bridgehead atoms. The first kappa shape index (κ1) is 19.6. The van der Waals surface area contributed by atoms with Crippen LogP contribution in [0.3, 0.4) is 0 Å². The predicted octanol–water partition coefficient (Wildman–Crippen LogP) is 2.04. The minimum absolute atomic E-state index is 0. The molecule has 2 heterocycles. The van der Waals surface area contributed by atoms with Crippen LogP contribution in [0.4, 0.5) is 14.5 Å². The zero-order chi connectivity index (χ0) is 15.8. The number of aliphatic hydroxyl groups excluding tert-OH is 1. The number of aliphatic hydroxyl groups is 1. The first-order valence-electron chi connectivity index (χ1n) is 6.17. The first-order chi connectivity index (χ1) is 9.79. The molecule has 1 aromatic heterocycles. The fourth-order valence-electron chi connectivity index (χ4n) is 2.32. The Morgan fingerprint density at radius 2 is 2.27 bits per heavy atom. The number of rotatable bonds is 4. The van der Waals surface area contributed by atoms with E-state index in [0.717, 1.165) is 11.3 Å². The molecule has 22 heavy (non-hydrogen) atoms. The number of fused-ring (bicyclic) bond motifs is 1. The molecule has 3 N–H and O–H groups in total. The highest BCUT2D eigenvalue weighted by Crippen LogP contribution is 2.46. The zero-order valence-electron chi connectivity index (χ0n) is 11.6. The Hall–Kier alpha value is -0.480. The number of thiophene rings is 1. The van der Waals surface area contributed by atoms with Gasteiger partial charge in [-0.15, -0.1) is 23.7 Å². The number of nitrogens with zero attached hydrogens (tertiary/aromatic N) is 1. The highest BCUT2D eigenvalue weighted by atomic mass is 79.9. The molecule has 0 unspecified atom stereocenters. The summed E-state index contributed by atoms with van der Waals surface area (Å²) in [5, 5.41) is 9.04. The summed E-state index contributed by atoms with van der Waals surface area (Å²) in [7, 11) is 1.24. The second kappa shape index (κ2) is 7.39. The van der Waals surface area contributed by atoms with Gasteiger partial charge in [0, 0.05) is 24.6 Å². The maximum atomic E-state index is 13.9. The van der Waals surface area contributed by atoms with E-state index in [-0.39, 0.29) is 30.4 Å². The Bertz CT molecular complexity index is 559. The summed E-state index contributed by atoms with van der Waals surface area (Å²) in [4.78, 5) is 13.5. The van der Waals surface area contributed by atoms with Gasteiger partial charge in [-0.05, 0) is 15.9 Å². The Kier molecular flexibility index (Phi) is 6.58. The van der Waals surface area contributed by atoms with E-state index in [1.807, 2.05) is 0 Å². The van der Waals surface area contributed by atoms with Gasteiger partial charge in [-0.2, -0.15) is 0 Å².